The van der Waals surface area contributed by atoms with Crippen molar-refractivity contribution in [1.82, 2.24) is 20.1 Å². The van der Waals surface area contributed by atoms with Gasteiger partial charge in [0.25, 0.3) is 0 Å². The lowest BCUT2D eigenvalue weighted by Crippen LogP contribution is -2.28. The van der Waals surface area contributed by atoms with E-state index in [9.17, 15) is 17.6 Å². The van der Waals surface area contributed by atoms with E-state index in [0.717, 1.165) is 17.7 Å². The molecule has 5 nitrogen and oxygen atoms in total. The molecule has 2 aromatic carbocycles. The Kier molecular flexibility index (Phi) is 5.88. The van der Waals surface area contributed by atoms with Gasteiger partial charge >= 0.3 is 6.18 Å². The fourth-order valence-electron chi connectivity index (χ4n) is 2.39. The molecule has 0 spiro atoms. The highest BCUT2D eigenvalue weighted by Gasteiger charge is 2.30. The van der Waals surface area contributed by atoms with E-state index in [4.69, 9.17) is 12.2 Å². The minimum Gasteiger partial charge on any atom is -0.358 e. The summed E-state index contributed by atoms with van der Waals surface area (Å²) in [6.07, 6.45) is -3.00. The van der Waals surface area contributed by atoms with Crippen molar-refractivity contribution in [2.45, 2.75) is 19.3 Å². The summed E-state index contributed by atoms with van der Waals surface area (Å²) in [7, 11) is 0. The van der Waals surface area contributed by atoms with Crippen LogP contribution in [0.5, 0.6) is 0 Å². The SMILES string of the molecule is Fc1ccc(CNC(=S)Nc2ncn(Cc3cccc(C(F)(F)F)c3)n2)cc1. The molecule has 1 heterocycles. The van der Waals surface area contributed by atoms with E-state index < -0.39 is 11.7 Å². The lowest BCUT2D eigenvalue weighted by Gasteiger charge is -2.09. The Morgan fingerprint density at radius 2 is 1.82 bits per heavy atom. The highest BCUT2D eigenvalue weighted by molar-refractivity contribution is 7.80. The van der Waals surface area contributed by atoms with E-state index in [1.165, 1.54) is 29.2 Å². The summed E-state index contributed by atoms with van der Waals surface area (Å²) in [5.41, 5.74) is 0.575. The van der Waals surface area contributed by atoms with Gasteiger partial charge in [0, 0.05) is 6.54 Å². The third-order valence-corrected chi connectivity index (χ3v) is 3.97. The van der Waals surface area contributed by atoms with Crippen LogP contribution in [0.2, 0.25) is 0 Å². The van der Waals surface area contributed by atoms with E-state index >= 15 is 0 Å². The van der Waals surface area contributed by atoms with Gasteiger partial charge in [0.2, 0.25) is 5.95 Å². The van der Waals surface area contributed by atoms with E-state index in [2.05, 4.69) is 20.7 Å². The maximum atomic E-state index is 12.9. The minimum absolute atomic E-state index is 0.133. The molecule has 3 aromatic rings. The number of alkyl halides is 3. The molecule has 0 unspecified atom stereocenters. The number of rotatable bonds is 5. The zero-order valence-electron chi connectivity index (χ0n) is 14.4. The lowest BCUT2D eigenvalue weighted by atomic mass is 10.1. The Bertz CT molecular complexity index is 953. The van der Waals surface area contributed by atoms with Gasteiger partial charge in [-0.3, -0.25) is 5.32 Å². The van der Waals surface area contributed by atoms with Gasteiger partial charge in [-0.1, -0.05) is 24.3 Å². The number of nitrogens with zero attached hydrogens (tertiary/aromatic N) is 3. The summed E-state index contributed by atoms with van der Waals surface area (Å²) < 4.78 is 52.6. The van der Waals surface area contributed by atoms with Crippen molar-refractivity contribution in [3.8, 4) is 0 Å². The third kappa shape index (κ3) is 5.49. The predicted molar refractivity (Wildman–Crippen MR) is 100 cm³/mol. The second kappa shape index (κ2) is 8.34. The molecule has 28 heavy (non-hydrogen) atoms. The quantitative estimate of drug-likeness (QED) is 0.493. The topological polar surface area (TPSA) is 54.8 Å². The van der Waals surface area contributed by atoms with Crippen LogP contribution < -0.4 is 10.6 Å². The molecular weight excluding hydrogens is 394 g/mol. The van der Waals surface area contributed by atoms with Crippen molar-refractivity contribution in [2.24, 2.45) is 0 Å². The molecule has 0 saturated carbocycles. The van der Waals surface area contributed by atoms with Gasteiger partial charge < -0.3 is 5.32 Å². The van der Waals surface area contributed by atoms with E-state index in [0.29, 0.717) is 12.1 Å². The normalized spacial score (nSPS) is 11.3. The largest absolute Gasteiger partial charge is 0.416 e. The maximum absolute atomic E-state index is 12.9. The van der Waals surface area contributed by atoms with Gasteiger partial charge in [-0.15, -0.1) is 5.10 Å². The first-order chi connectivity index (χ1) is 13.3. The van der Waals surface area contributed by atoms with E-state index in [1.807, 2.05) is 0 Å². The lowest BCUT2D eigenvalue weighted by molar-refractivity contribution is -0.137. The van der Waals surface area contributed by atoms with Crippen LogP contribution in [0.1, 0.15) is 16.7 Å². The smallest absolute Gasteiger partial charge is 0.358 e. The second-order valence-electron chi connectivity index (χ2n) is 5.90. The van der Waals surface area contributed by atoms with Crippen LogP contribution >= 0.6 is 12.2 Å². The average Bonchev–Trinajstić information content (AvgIpc) is 3.07. The number of aromatic nitrogens is 3. The van der Waals surface area contributed by atoms with Crippen molar-refractivity contribution in [1.29, 1.82) is 0 Å². The highest BCUT2D eigenvalue weighted by Crippen LogP contribution is 2.29. The van der Waals surface area contributed by atoms with Crippen molar-refractivity contribution in [3.05, 3.63) is 77.4 Å². The molecule has 0 aliphatic carbocycles. The van der Waals surface area contributed by atoms with Crippen molar-refractivity contribution in [3.63, 3.8) is 0 Å². The molecule has 10 heteroatoms. The molecular formula is C18H15F4N5S. The summed E-state index contributed by atoms with van der Waals surface area (Å²) in [6.45, 7) is 0.519. The average molecular weight is 409 g/mol. The third-order valence-electron chi connectivity index (χ3n) is 3.73. The summed E-state index contributed by atoms with van der Waals surface area (Å²) in [5, 5.41) is 10.1. The van der Waals surface area contributed by atoms with E-state index in [-0.39, 0.29) is 23.4 Å². The van der Waals surface area contributed by atoms with Crippen molar-refractivity contribution in [2.75, 3.05) is 5.32 Å². The monoisotopic (exact) mass is 409 g/mol. The van der Waals surface area contributed by atoms with E-state index in [1.54, 1.807) is 18.2 Å². The number of hydrogen-bond acceptors (Lipinski definition) is 3. The van der Waals surface area contributed by atoms with Crippen molar-refractivity contribution >= 4 is 23.3 Å². The van der Waals surface area contributed by atoms with Gasteiger partial charge in [-0.25, -0.2) is 14.1 Å². The summed E-state index contributed by atoms with van der Waals surface area (Å²) in [4.78, 5) is 4.03. The van der Waals surface area contributed by atoms with Gasteiger partial charge in [0.15, 0.2) is 5.11 Å². The first-order valence-electron chi connectivity index (χ1n) is 8.14. The number of benzene rings is 2. The molecule has 146 valence electrons. The van der Waals surface area contributed by atoms with Crippen LogP contribution in [0.15, 0.2) is 54.9 Å². The van der Waals surface area contributed by atoms with Crippen LogP contribution in [-0.4, -0.2) is 19.9 Å². The van der Waals surface area contributed by atoms with Gasteiger partial charge in [0.05, 0.1) is 12.1 Å². The highest BCUT2D eigenvalue weighted by atomic mass is 32.1. The molecule has 1 aromatic heterocycles. The Hall–Kier alpha value is -3.01. The molecule has 0 fully saturated rings. The molecule has 3 rings (SSSR count). The molecule has 0 atom stereocenters. The van der Waals surface area contributed by atoms with Crippen LogP contribution in [-0.2, 0) is 19.3 Å². The molecule has 2 N–H and O–H groups in total. The van der Waals surface area contributed by atoms with Crippen LogP contribution in [0.4, 0.5) is 23.5 Å². The second-order valence-corrected chi connectivity index (χ2v) is 6.31. The predicted octanol–water partition coefficient (Wildman–Crippen LogP) is 3.97. The number of halogens is 4. The van der Waals surface area contributed by atoms with Crippen molar-refractivity contribution < 1.29 is 17.6 Å². The first-order valence-corrected chi connectivity index (χ1v) is 8.55. The molecule has 0 aliphatic heterocycles. The number of nitrogens with one attached hydrogen (secondary N) is 2. The minimum atomic E-state index is -4.40. The number of anilines is 1. The Balaban J connectivity index is 1.55. The molecule has 0 aliphatic rings. The number of thiocarbonyl (C=S) groups is 1. The first kappa shape index (κ1) is 19.7. The molecule has 0 amide bonds. The fourth-order valence-corrected chi connectivity index (χ4v) is 2.55. The Morgan fingerprint density at radius 3 is 2.54 bits per heavy atom. The summed E-state index contributed by atoms with van der Waals surface area (Å²) >= 11 is 5.15. The molecule has 0 radical (unpaired) electrons. The number of hydrogen-bond donors (Lipinski definition) is 2. The fraction of sp³-hybridized carbons (Fsp3) is 0.167. The summed E-state index contributed by atoms with van der Waals surface area (Å²) in [5.74, 6) is -0.108. The van der Waals surface area contributed by atoms with Crippen LogP contribution in [0.25, 0.3) is 0 Å². The van der Waals surface area contributed by atoms with Gasteiger partial charge in [0.1, 0.15) is 12.1 Å². The standard InChI is InChI=1S/C18H15F4N5S/c19-15-6-4-12(5-7-15)9-23-17(28)25-16-24-11-27(26-16)10-13-2-1-3-14(8-13)18(20,21)22/h1-8,11H,9-10H2,(H2,23,25,26,28). The summed E-state index contributed by atoms with van der Waals surface area (Å²) in [6, 6.07) is 11.0. The Labute approximate surface area is 163 Å². The van der Waals surface area contributed by atoms with Crippen LogP contribution in [0.3, 0.4) is 0 Å². The molecule has 0 bridgehead atoms. The van der Waals surface area contributed by atoms with Gasteiger partial charge in [-0.2, -0.15) is 13.2 Å². The maximum Gasteiger partial charge on any atom is 0.416 e. The van der Waals surface area contributed by atoms with Crippen LogP contribution in [0, 0.1) is 5.82 Å². The zero-order chi connectivity index (χ0) is 20.1. The zero-order valence-corrected chi connectivity index (χ0v) is 15.2. The Morgan fingerprint density at radius 1 is 1.07 bits per heavy atom. The molecule has 0 saturated heterocycles. The van der Waals surface area contributed by atoms with Gasteiger partial charge in [-0.05, 0) is 47.6 Å².